The number of carbonyl (C=O) groups is 2. The molecule has 2 aromatic rings. The average Bonchev–Trinajstić information content (AvgIpc) is 3.20. The van der Waals surface area contributed by atoms with Gasteiger partial charge in [-0.2, -0.15) is 0 Å². The Hall–Kier alpha value is -2.09. The second-order valence-corrected chi connectivity index (χ2v) is 7.42. The molecule has 1 aromatic carbocycles. The minimum Gasteiger partial charge on any atom is -0.465 e. The lowest BCUT2D eigenvalue weighted by molar-refractivity contribution is 0.0316. The number of halogens is 1. The van der Waals surface area contributed by atoms with Gasteiger partial charge in [-0.25, -0.2) is 4.79 Å². The molecule has 2 heterocycles. The number of hydrogen-bond acceptors (Lipinski definition) is 4. The zero-order valence-corrected chi connectivity index (χ0v) is 14.8. The van der Waals surface area contributed by atoms with Crippen molar-refractivity contribution < 1.29 is 19.4 Å². The van der Waals surface area contributed by atoms with Gasteiger partial charge < -0.3 is 20.1 Å². The summed E-state index contributed by atoms with van der Waals surface area (Å²) < 4.78 is 6.41. The highest BCUT2D eigenvalue weighted by Gasteiger charge is 2.37. The largest absolute Gasteiger partial charge is 0.465 e. The number of nitrogens with one attached hydrogen (secondary N) is 1. The van der Waals surface area contributed by atoms with Gasteiger partial charge in [0.05, 0.1) is 34.5 Å². The van der Waals surface area contributed by atoms with E-state index in [1.807, 2.05) is 30.3 Å². The molecule has 6 nitrogen and oxygen atoms in total. The predicted octanol–water partition coefficient (Wildman–Crippen LogP) is 3.08. The third-order valence-electron chi connectivity index (χ3n) is 3.96. The molecule has 0 bridgehead atoms. The van der Waals surface area contributed by atoms with Crippen molar-refractivity contribution in [3.05, 3.63) is 57.2 Å². The number of ether oxygens (including phenoxy) is 1. The number of benzene rings is 1. The van der Waals surface area contributed by atoms with Crippen molar-refractivity contribution >= 4 is 34.9 Å². The van der Waals surface area contributed by atoms with Gasteiger partial charge in [0, 0.05) is 6.54 Å². The third kappa shape index (κ3) is 4.50. The number of carbonyl (C=O) groups excluding carboxylic acids is 1. The molecule has 0 aliphatic carbocycles. The second kappa shape index (κ2) is 7.86. The Morgan fingerprint density at radius 2 is 2.00 bits per heavy atom. The van der Waals surface area contributed by atoms with Crippen LogP contribution in [0.2, 0.25) is 4.34 Å². The molecule has 1 aliphatic rings. The van der Waals surface area contributed by atoms with Crippen molar-refractivity contribution in [3.8, 4) is 0 Å². The van der Waals surface area contributed by atoms with E-state index in [1.165, 1.54) is 16.2 Å². The summed E-state index contributed by atoms with van der Waals surface area (Å²) in [6.45, 7) is 0.772. The van der Waals surface area contributed by atoms with Crippen LogP contribution >= 0.6 is 22.9 Å². The van der Waals surface area contributed by atoms with Gasteiger partial charge in [0.2, 0.25) is 0 Å². The van der Waals surface area contributed by atoms with E-state index in [4.69, 9.17) is 16.3 Å². The molecular weight excluding hydrogens is 364 g/mol. The number of likely N-dealkylation sites (tertiary alicyclic amines) is 1. The monoisotopic (exact) mass is 380 g/mol. The molecule has 25 heavy (non-hydrogen) atoms. The molecule has 2 amide bonds. The Bertz CT molecular complexity index is 752. The molecule has 0 saturated carbocycles. The Kier molecular flexibility index (Phi) is 5.57. The lowest BCUT2D eigenvalue weighted by Gasteiger charge is -2.19. The number of rotatable bonds is 5. The van der Waals surface area contributed by atoms with Crippen molar-refractivity contribution in [2.45, 2.75) is 18.8 Å². The first kappa shape index (κ1) is 17.7. The topological polar surface area (TPSA) is 78.9 Å². The SMILES string of the molecule is O=C(N[C@@H]1CN(C(=O)O)C[C@H]1OCc1ccccc1)c1ccc(Cl)s1. The molecule has 8 heteroatoms. The van der Waals surface area contributed by atoms with Gasteiger partial charge >= 0.3 is 6.09 Å². The van der Waals surface area contributed by atoms with Crippen LogP contribution in [-0.2, 0) is 11.3 Å². The molecule has 132 valence electrons. The maximum Gasteiger partial charge on any atom is 0.407 e. The van der Waals surface area contributed by atoms with E-state index >= 15 is 0 Å². The smallest absolute Gasteiger partial charge is 0.407 e. The van der Waals surface area contributed by atoms with Crippen LogP contribution in [0.5, 0.6) is 0 Å². The number of hydrogen-bond donors (Lipinski definition) is 2. The lowest BCUT2D eigenvalue weighted by atomic mass is 10.2. The van der Waals surface area contributed by atoms with Gasteiger partial charge in [-0.05, 0) is 17.7 Å². The fourth-order valence-corrected chi connectivity index (χ4v) is 3.64. The third-order valence-corrected chi connectivity index (χ3v) is 5.19. The van der Waals surface area contributed by atoms with Crippen molar-refractivity contribution in [1.29, 1.82) is 0 Å². The van der Waals surface area contributed by atoms with E-state index in [2.05, 4.69) is 5.32 Å². The average molecular weight is 381 g/mol. The Morgan fingerprint density at radius 3 is 2.64 bits per heavy atom. The maximum atomic E-state index is 12.3. The van der Waals surface area contributed by atoms with Gasteiger partial charge in [-0.3, -0.25) is 4.79 Å². The molecule has 2 N–H and O–H groups in total. The van der Waals surface area contributed by atoms with Gasteiger partial charge in [0.25, 0.3) is 5.91 Å². The van der Waals surface area contributed by atoms with Gasteiger partial charge in [0.1, 0.15) is 0 Å². The van der Waals surface area contributed by atoms with Crippen molar-refractivity contribution in [1.82, 2.24) is 10.2 Å². The molecule has 1 aliphatic heterocycles. The van der Waals surface area contributed by atoms with Gasteiger partial charge in [-0.1, -0.05) is 41.9 Å². The zero-order valence-electron chi connectivity index (χ0n) is 13.2. The van der Waals surface area contributed by atoms with E-state index in [0.29, 0.717) is 15.8 Å². The summed E-state index contributed by atoms with van der Waals surface area (Å²) in [5.74, 6) is -0.276. The molecule has 2 atom stereocenters. The summed E-state index contributed by atoms with van der Waals surface area (Å²) in [6.07, 6.45) is -1.43. The minimum atomic E-state index is -1.02. The summed E-state index contributed by atoms with van der Waals surface area (Å²) in [6, 6.07) is 12.5. The van der Waals surface area contributed by atoms with Crippen LogP contribution < -0.4 is 5.32 Å². The normalized spacial score (nSPS) is 19.8. The number of carboxylic acid groups (broad SMARTS) is 1. The highest BCUT2D eigenvalue weighted by molar-refractivity contribution is 7.18. The number of amides is 2. The molecule has 0 unspecified atom stereocenters. The predicted molar refractivity (Wildman–Crippen MR) is 95.2 cm³/mol. The Morgan fingerprint density at radius 1 is 1.24 bits per heavy atom. The Labute approximate surface area is 154 Å². The molecule has 0 radical (unpaired) electrons. The second-order valence-electron chi connectivity index (χ2n) is 5.71. The van der Waals surface area contributed by atoms with Crippen molar-refractivity contribution in [3.63, 3.8) is 0 Å². The van der Waals surface area contributed by atoms with Crippen LogP contribution in [-0.4, -0.2) is 47.2 Å². The van der Waals surface area contributed by atoms with E-state index < -0.39 is 18.2 Å². The quantitative estimate of drug-likeness (QED) is 0.835. The molecule has 3 rings (SSSR count). The summed E-state index contributed by atoms with van der Waals surface area (Å²) >= 11 is 7.04. The summed E-state index contributed by atoms with van der Waals surface area (Å²) in [4.78, 5) is 25.3. The first-order valence-electron chi connectivity index (χ1n) is 7.72. The van der Waals surface area contributed by atoms with Crippen LogP contribution in [0.1, 0.15) is 15.2 Å². The minimum absolute atomic E-state index is 0.194. The molecule has 1 aromatic heterocycles. The Balaban J connectivity index is 1.65. The summed E-state index contributed by atoms with van der Waals surface area (Å²) in [7, 11) is 0. The van der Waals surface area contributed by atoms with Crippen LogP contribution in [0.4, 0.5) is 4.79 Å². The highest BCUT2D eigenvalue weighted by atomic mass is 35.5. The first-order chi connectivity index (χ1) is 12.0. The van der Waals surface area contributed by atoms with Crippen LogP contribution in [0.25, 0.3) is 0 Å². The van der Waals surface area contributed by atoms with Crippen molar-refractivity contribution in [2.24, 2.45) is 0 Å². The lowest BCUT2D eigenvalue weighted by Crippen LogP contribution is -2.43. The summed E-state index contributed by atoms with van der Waals surface area (Å²) in [5.41, 5.74) is 0.992. The maximum absolute atomic E-state index is 12.3. The standard InChI is InChI=1S/C17H17ClN2O4S/c18-15-7-6-14(25-15)16(21)19-12-8-20(17(22)23)9-13(12)24-10-11-4-2-1-3-5-11/h1-7,12-13H,8-10H2,(H,19,21)(H,22,23)/t12-,13-/m1/s1. The van der Waals surface area contributed by atoms with Gasteiger partial charge in [0.15, 0.2) is 0 Å². The van der Waals surface area contributed by atoms with Crippen molar-refractivity contribution in [2.75, 3.05) is 13.1 Å². The molecule has 0 spiro atoms. The van der Waals surface area contributed by atoms with Crippen LogP contribution in [0.15, 0.2) is 42.5 Å². The fourth-order valence-electron chi connectivity index (χ4n) is 2.69. The highest BCUT2D eigenvalue weighted by Crippen LogP contribution is 2.22. The van der Waals surface area contributed by atoms with Crippen LogP contribution in [0.3, 0.4) is 0 Å². The first-order valence-corrected chi connectivity index (χ1v) is 8.92. The number of thiophene rings is 1. The van der Waals surface area contributed by atoms with Gasteiger partial charge in [-0.15, -0.1) is 11.3 Å². The van der Waals surface area contributed by atoms with E-state index in [1.54, 1.807) is 12.1 Å². The summed E-state index contributed by atoms with van der Waals surface area (Å²) in [5, 5.41) is 12.1. The van der Waals surface area contributed by atoms with E-state index in [0.717, 1.165) is 5.56 Å². The van der Waals surface area contributed by atoms with E-state index in [9.17, 15) is 14.7 Å². The zero-order chi connectivity index (χ0) is 17.8. The molecule has 1 fully saturated rings. The molecular formula is C17H17ClN2O4S. The van der Waals surface area contributed by atoms with Crippen LogP contribution in [0, 0.1) is 0 Å². The molecule has 1 saturated heterocycles. The van der Waals surface area contributed by atoms with E-state index in [-0.39, 0.29) is 19.0 Å². The fraction of sp³-hybridized carbons (Fsp3) is 0.294. The number of nitrogens with zero attached hydrogens (tertiary/aromatic N) is 1.